The highest BCUT2D eigenvalue weighted by molar-refractivity contribution is 9.10. The van der Waals surface area contributed by atoms with Crippen molar-refractivity contribution in [3.8, 4) is 0 Å². The van der Waals surface area contributed by atoms with Gasteiger partial charge in [-0.1, -0.05) is 31.9 Å². The van der Waals surface area contributed by atoms with Crippen molar-refractivity contribution in [2.45, 2.75) is 50.6 Å². The topological polar surface area (TPSA) is 92.4 Å². The highest BCUT2D eigenvalue weighted by Crippen LogP contribution is 2.49. The van der Waals surface area contributed by atoms with Gasteiger partial charge in [0.15, 0.2) is 0 Å². The second-order valence-electron chi connectivity index (χ2n) is 11.9. The maximum atomic E-state index is 15.1. The van der Waals surface area contributed by atoms with E-state index in [9.17, 15) is 9.59 Å². The zero-order valence-corrected chi connectivity index (χ0v) is 28.6. The molecule has 2 aromatic carbocycles. The second kappa shape index (κ2) is 12.2. The standard InChI is InChI=1S/C32H34Br2F2N4O5/c1-17-21(13-19(33)15-23(17)35)25-27(31(37-29(25)41)5-9-39(43-3)10-6-31)45-28-26(22-14-20(34)16-24(36)18(22)2)30(42)38-32(28)7-11-40(44-4)12-8-32/h13-16H,5-12H2,1-4H3,(H,37,41)(H,38,42). The van der Waals surface area contributed by atoms with Crippen LogP contribution in [0.25, 0.3) is 11.1 Å². The monoisotopic (exact) mass is 750 g/mol. The van der Waals surface area contributed by atoms with Gasteiger partial charge in [0, 0.05) is 35.1 Å². The number of ether oxygens (including phenoxy) is 1. The van der Waals surface area contributed by atoms with E-state index in [2.05, 4.69) is 42.5 Å². The van der Waals surface area contributed by atoms with Crippen molar-refractivity contribution in [2.75, 3.05) is 40.4 Å². The summed E-state index contributed by atoms with van der Waals surface area (Å²) in [5.41, 5.74) is -0.166. The summed E-state index contributed by atoms with van der Waals surface area (Å²) in [6.45, 7) is 5.22. The van der Waals surface area contributed by atoms with Crippen LogP contribution in [0.4, 0.5) is 8.78 Å². The van der Waals surface area contributed by atoms with Gasteiger partial charge in [-0.05, 0) is 86.1 Å². The van der Waals surface area contributed by atoms with Crippen molar-refractivity contribution in [3.63, 3.8) is 0 Å². The van der Waals surface area contributed by atoms with Crippen molar-refractivity contribution in [1.82, 2.24) is 20.8 Å². The van der Waals surface area contributed by atoms with Gasteiger partial charge < -0.3 is 25.0 Å². The third-order valence-electron chi connectivity index (χ3n) is 9.51. The Morgan fingerprint density at radius 3 is 1.38 bits per heavy atom. The summed E-state index contributed by atoms with van der Waals surface area (Å²) < 4.78 is 38.2. The molecule has 0 unspecified atom stereocenters. The minimum atomic E-state index is -0.956. The number of carbonyl (C=O) groups is 2. The molecule has 0 aromatic heterocycles. The number of halogens is 4. The fourth-order valence-corrected chi connectivity index (χ4v) is 7.72. The van der Waals surface area contributed by atoms with E-state index in [1.54, 1.807) is 50.3 Å². The lowest BCUT2D eigenvalue weighted by atomic mass is 9.83. The molecule has 0 radical (unpaired) electrons. The van der Waals surface area contributed by atoms with Crippen molar-refractivity contribution in [2.24, 2.45) is 0 Å². The zero-order valence-electron chi connectivity index (χ0n) is 25.4. The molecule has 6 rings (SSSR count). The number of piperidine rings is 2. The molecule has 0 atom stereocenters. The molecule has 240 valence electrons. The Morgan fingerprint density at radius 1 is 0.689 bits per heavy atom. The van der Waals surface area contributed by atoms with Gasteiger partial charge in [0.05, 0.1) is 25.4 Å². The predicted molar refractivity (Wildman–Crippen MR) is 170 cm³/mol. The van der Waals surface area contributed by atoms with Crippen LogP contribution in [0.5, 0.6) is 0 Å². The smallest absolute Gasteiger partial charge is 0.256 e. The summed E-state index contributed by atoms with van der Waals surface area (Å²) in [6.07, 6.45) is 1.78. The Kier molecular flexibility index (Phi) is 8.72. The molecule has 9 nitrogen and oxygen atoms in total. The van der Waals surface area contributed by atoms with E-state index in [0.29, 0.717) is 94.6 Å². The van der Waals surface area contributed by atoms with Crippen molar-refractivity contribution in [1.29, 1.82) is 0 Å². The molecule has 4 aliphatic heterocycles. The van der Waals surface area contributed by atoms with Gasteiger partial charge in [-0.15, -0.1) is 0 Å². The molecule has 0 bridgehead atoms. The Labute approximate surface area is 277 Å². The minimum Gasteiger partial charge on any atom is -0.459 e. The summed E-state index contributed by atoms with van der Waals surface area (Å²) in [5, 5.41) is 9.96. The van der Waals surface area contributed by atoms with Gasteiger partial charge in [0.25, 0.3) is 11.8 Å². The van der Waals surface area contributed by atoms with Crippen molar-refractivity contribution in [3.05, 3.63) is 78.6 Å². The van der Waals surface area contributed by atoms with Crippen LogP contribution in [-0.4, -0.2) is 73.4 Å². The molecule has 0 aliphatic carbocycles. The molecule has 2 N–H and O–H groups in total. The lowest BCUT2D eigenvalue weighted by Gasteiger charge is -2.42. The number of amides is 2. The second-order valence-corrected chi connectivity index (χ2v) is 13.8. The quantitative estimate of drug-likeness (QED) is 0.415. The summed E-state index contributed by atoms with van der Waals surface area (Å²) in [7, 11) is 3.19. The lowest BCUT2D eigenvalue weighted by molar-refractivity contribution is -0.155. The first-order valence-corrected chi connectivity index (χ1v) is 16.3. The van der Waals surface area contributed by atoms with Crippen molar-refractivity contribution >= 4 is 54.8 Å². The Bertz CT molecular complexity index is 1530. The Morgan fingerprint density at radius 2 is 1.04 bits per heavy atom. The van der Waals surface area contributed by atoms with Crippen LogP contribution in [0.3, 0.4) is 0 Å². The third-order valence-corrected chi connectivity index (χ3v) is 10.4. The number of hydrogen-bond donors (Lipinski definition) is 2. The average molecular weight is 752 g/mol. The molecule has 2 fully saturated rings. The van der Waals surface area contributed by atoms with Crippen LogP contribution in [0.2, 0.25) is 0 Å². The molecule has 4 aliphatic rings. The molecule has 0 saturated carbocycles. The molecule has 2 saturated heterocycles. The molecule has 45 heavy (non-hydrogen) atoms. The number of rotatable bonds is 6. The van der Waals surface area contributed by atoms with Gasteiger partial charge >= 0.3 is 0 Å². The fraction of sp³-hybridized carbons (Fsp3) is 0.438. The molecule has 2 aromatic rings. The van der Waals surface area contributed by atoms with Crippen LogP contribution in [-0.2, 0) is 24.0 Å². The molecular formula is C32H34Br2F2N4O5. The first kappa shape index (κ1) is 32.3. The van der Waals surface area contributed by atoms with E-state index < -0.39 is 34.5 Å². The van der Waals surface area contributed by atoms with E-state index >= 15 is 8.78 Å². The van der Waals surface area contributed by atoms with Crippen LogP contribution in [0.15, 0.2) is 44.7 Å². The van der Waals surface area contributed by atoms with Crippen LogP contribution in [0.1, 0.15) is 47.9 Å². The van der Waals surface area contributed by atoms with Crippen molar-refractivity contribution < 1.29 is 32.8 Å². The summed E-state index contributed by atoms with van der Waals surface area (Å²) in [4.78, 5) is 38.9. The van der Waals surface area contributed by atoms with E-state index in [-0.39, 0.29) is 11.1 Å². The van der Waals surface area contributed by atoms with E-state index in [1.165, 1.54) is 12.1 Å². The number of hydroxylamine groups is 4. The third kappa shape index (κ3) is 5.55. The Balaban J connectivity index is 1.60. The predicted octanol–water partition coefficient (Wildman–Crippen LogP) is 5.30. The van der Waals surface area contributed by atoms with Gasteiger partial charge in [0.2, 0.25) is 0 Å². The fourth-order valence-electron chi connectivity index (χ4n) is 6.86. The van der Waals surface area contributed by atoms with Gasteiger partial charge in [-0.2, -0.15) is 10.1 Å². The zero-order chi connectivity index (χ0) is 32.3. The number of carbonyl (C=O) groups excluding carboxylic acids is 2. The normalized spacial score (nSPS) is 21.7. The van der Waals surface area contributed by atoms with Crippen LogP contribution in [0, 0.1) is 25.5 Å². The first-order valence-electron chi connectivity index (χ1n) is 14.7. The Hall–Kier alpha value is -2.68. The number of benzene rings is 2. The highest BCUT2D eigenvalue weighted by atomic mass is 79.9. The first-order chi connectivity index (χ1) is 21.4. The molecule has 2 spiro atoms. The van der Waals surface area contributed by atoms with E-state index in [4.69, 9.17) is 14.4 Å². The number of nitrogens with zero attached hydrogens (tertiary/aromatic N) is 2. The lowest BCUT2D eigenvalue weighted by Crippen LogP contribution is -2.55. The van der Waals surface area contributed by atoms with E-state index in [0.717, 1.165) is 0 Å². The molecule has 2 amide bonds. The molecule has 13 heteroatoms. The number of hydrogen-bond acceptors (Lipinski definition) is 7. The van der Waals surface area contributed by atoms with Crippen LogP contribution < -0.4 is 10.6 Å². The summed E-state index contributed by atoms with van der Waals surface area (Å²) in [5.74, 6) is -1.12. The number of nitrogens with one attached hydrogen (secondary N) is 2. The van der Waals surface area contributed by atoms with Gasteiger partial charge in [0.1, 0.15) is 34.2 Å². The largest absolute Gasteiger partial charge is 0.459 e. The van der Waals surface area contributed by atoms with Gasteiger partial charge in [-0.3, -0.25) is 9.59 Å². The summed E-state index contributed by atoms with van der Waals surface area (Å²) in [6, 6.07) is 6.11. The van der Waals surface area contributed by atoms with Crippen LogP contribution >= 0.6 is 31.9 Å². The van der Waals surface area contributed by atoms with Gasteiger partial charge in [-0.25, -0.2) is 8.78 Å². The maximum Gasteiger partial charge on any atom is 0.256 e. The van der Waals surface area contributed by atoms with E-state index in [1.807, 2.05) is 0 Å². The average Bonchev–Trinajstić information content (AvgIpc) is 3.42. The summed E-state index contributed by atoms with van der Waals surface area (Å²) >= 11 is 6.78. The molecule has 4 heterocycles. The minimum absolute atomic E-state index is 0.200. The highest BCUT2D eigenvalue weighted by Gasteiger charge is 2.55. The maximum absolute atomic E-state index is 15.1. The molecular weight excluding hydrogens is 718 g/mol. The SMILES string of the molecule is CON1CCC2(CC1)NC(=O)C(c1cc(Br)cc(F)c1C)=C2OC1=C(c2cc(Br)cc(F)c2C)C(=O)NC12CCN(OC)CC2.